The van der Waals surface area contributed by atoms with Gasteiger partial charge in [-0.05, 0) is 19.5 Å². The van der Waals surface area contributed by atoms with Crippen molar-refractivity contribution in [3.8, 4) is 0 Å². The fourth-order valence-electron chi connectivity index (χ4n) is 1.12. The van der Waals surface area contributed by atoms with Crippen LogP contribution >= 0.6 is 0 Å². The average molecular weight is 165 g/mol. The standard InChI is InChI=1S/C10H15NO/c1-10(8-12,11-2)9-6-4-3-5-7-9/h3-7,11-12H,8H2,1-2H3. The van der Waals surface area contributed by atoms with E-state index in [0.29, 0.717) is 0 Å². The van der Waals surface area contributed by atoms with E-state index in [1.54, 1.807) is 0 Å². The van der Waals surface area contributed by atoms with E-state index in [1.807, 2.05) is 44.3 Å². The first-order chi connectivity index (χ1) is 5.73. The molecule has 2 nitrogen and oxygen atoms in total. The molecule has 0 aliphatic carbocycles. The summed E-state index contributed by atoms with van der Waals surface area (Å²) in [5.74, 6) is 0. The molecule has 1 aromatic carbocycles. The van der Waals surface area contributed by atoms with Crippen LogP contribution in [0.5, 0.6) is 0 Å². The Morgan fingerprint density at radius 2 is 1.92 bits per heavy atom. The van der Waals surface area contributed by atoms with E-state index in [2.05, 4.69) is 5.32 Å². The molecule has 0 fully saturated rings. The Bertz CT molecular complexity index is 229. The van der Waals surface area contributed by atoms with Gasteiger partial charge in [0.1, 0.15) is 0 Å². The molecule has 0 aliphatic heterocycles. The number of benzene rings is 1. The van der Waals surface area contributed by atoms with Crippen LogP contribution < -0.4 is 5.32 Å². The van der Waals surface area contributed by atoms with Crippen molar-refractivity contribution in [3.05, 3.63) is 35.9 Å². The zero-order chi connectivity index (χ0) is 9.03. The van der Waals surface area contributed by atoms with E-state index in [4.69, 9.17) is 0 Å². The molecule has 1 rings (SSSR count). The molecule has 2 heteroatoms. The summed E-state index contributed by atoms with van der Waals surface area (Å²) >= 11 is 0. The van der Waals surface area contributed by atoms with E-state index in [9.17, 15) is 5.11 Å². The molecule has 0 saturated heterocycles. The number of aliphatic hydroxyl groups excluding tert-OH is 1. The molecule has 0 heterocycles. The molecule has 1 atom stereocenters. The van der Waals surface area contributed by atoms with E-state index >= 15 is 0 Å². The zero-order valence-corrected chi connectivity index (χ0v) is 7.54. The molecule has 66 valence electrons. The minimum absolute atomic E-state index is 0.105. The van der Waals surface area contributed by atoms with Crippen LogP contribution in [0.1, 0.15) is 12.5 Å². The lowest BCUT2D eigenvalue weighted by Crippen LogP contribution is -2.40. The molecule has 0 bridgehead atoms. The summed E-state index contributed by atoms with van der Waals surface area (Å²) in [5, 5.41) is 12.3. The van der Waals surface area contributed by atoms with Gasteiger partial charge in [-0.3, -0.25) is 0 Å². The van der Waals surface area contributed by atoms with Gasteiger partial charge in [-0.15, -0.1) is 0 Å². The van der Waals surface area contributed by atoms with Gasteiger partial charge in [-0.2, -0.15) is 0 Å². The molecule has 12 heavy (non-hydrogen) atoms. The highest BCUT2D eigenvalue weighted by Crippen LogP contribution is 2.18. The fourth-order valence-corrected chi connectivity index (χ4v) is 1.12. The normalized spacial score (nSPS) is 15.6. The topological polar surface area (TPSA) is 32.3 Å². The molecule has 0 saturated carbocycles. The third kappa shape index (κ3) is 1.65. The summed E-state index contributed by atoms with van der Waals surface area (Å²) in [7, 11) is 1.85. The highest BCUT2D eigenvalue weighted by atomic mass is 16.3. The quantitative estimate of drug-likeness (QED) is 0.703. The van der Waals surface area contributed by atoms with Crippen LogP contribution in [0.3, 0.4) is 0 Å². The second-order valence-electron chi connectivity index (χ2n) is 3.11. The number of hydrogen-bond donors (Lipinski definition) is 2. The van der Waals surface area contributed by atoms with Crippen LogP contribution in [0.15, 0.2) is 30.3 Å². The summed E-state index contributed by atoms with van der Waals surface area (Å²) < 4.78 is 0. The third-order valence-electron chi connectivity index (χ3n) is 2.28. The Kier molecular flexibility index (Phi) is 2.84. The summed E-state index contributed by atoms with van der Waals surface area (Å²) in [4.78, 5) is 0. The molecule has 0 amide bonds. The number of likely N-dealkylation sites (N-methyl/N-ethyl adjacent to an activating group) is 1. The summed E-state index contributed by atoms with van der Waals surface area (Å²) in [6.45, 7) is 2.08. The van der Waals surface area contributed by atoms with Crippen LogP contribution in [-0.4, -0.2) is 18.8 Å². The monoisotopic (exact) mass is 165 g/mol. The highest BCUT2D eigenvalue weighted by molar-refractivity contribution is 5.23. The van der Waals surface area contributed by atoms with Gasteiger partial charge in [0.05, 0.1) is 12.1 Å². The first-order valence-electron chi connectivity index (χ1n) is 4.08. The lowest BCUT2D eigenvalue weighted by Gasteiger charge is -2.27. The number of rotatable bonds is 3. The Morgan fingerprint density at radius 1 is 1.33 bits per heavy atom. The van der Waals surface area contributed by atoms with Gasteiger partial charge in [0.15, 0.2) is 0 Å². The van der Waals surface area contributed by atoms with E-state index in [1.165, 1.54) is 0 Å². The highest BCUT2D eigenvalue weighted by Gasteiger charge is 2.22. The smallest absolute Gasteiger partial charge is 0.0652 e. The number of hydrogen-bond acceptors (Lipinski definition) is 2. The number of aliphatic hydroxyl groups is 1. The van der Waals surface area contributed by atoms with Gasteiger partial charge in [-0.25, -0.2) is 0 Å². The Balaban J connectivity index is 2.95. The Morgan fingerprint density at radius 3 is 2.33 bits per heavy atom. The largest absolute Gasteiger partial charge is 0.394 e. The molecule has 0 spiro atoms. The van der Waals surface area contributed by atoms with Crippen molar-refractivity contribution in [1.29, 1.82) is 0 Å². The molecular weight excluding hydrogens is 150 g/mol. The van der Waals surface area contributed by atoms with E-state index < -0.39 is 0 Å². The SMILES string of the molecule is CNC(C)(CO)c1ccccc1. The Hall–Kier alpha value is -0.860. The van der Waals surface area contributed by atoms with Gasteiger partial charge in [-0.1, -0.05) is 30.3 Å². The fraction of sp³-hybridized carbons (Fsp3) is 0.400. The molecular formula is C10H15NO. The molecule has 1 aromatic rings. The van der Waals surface area contributed by atoms with Crippen molar-refractivity contribution in [2.75, 3.05) is 13.7 Å². The molecule has 2 N–H and O–H groups in total. The minimum atomic E-state index is -0.318. The molecule has 1 unspecified atom stereocenters. The van der Waals surface area contributed by atoms with Crippen LogP contribution in [0.2, 0.25) is 0 Å². The van der Waals surface area contributed by atoms with Crippen molar-refractivity contribution in [1.82, 2.24) is 5.32 Å². The predicted molar refractivity (Wildman–Crippen MR) is 49.9 cm³/mol. The molecule has 0 radical (unpaired) electrons. The summed E-state index contributed by atoms with van der Waals surface area (Å²) in [6.07, 6.45) is 0. The summed E-state index contributed by atoms with van der Waals surface area (Å²) in [5.41, 5.74) is 0.788. The van der Waals surface area contributed by atoms with Crippen molar-refractivity contribution >= 4 is 0 Å². The number of nitrogens with one attached hydrogen (secondary N) is 1. The van der Waals surface area contributed by atoms with Crippen molar-refractivity contribution in [2.45, 2.75) is 12.5 Å². The van der Waals surface area contributed by atoms with E-state index in [0.717, 1.165) is 5.56 Å². The minimum Gasteiger partial charge on any atom is -0.394 e. The average Bonchev–Trinajstić information content (AvgIpc) is 2.18. The summed E-state index contributed by atoms with van der Waals surface area (Å²) in [6, 6.07) is 9.93. The van der Waals surface area contributed by atoms with Gasteiger partial charge in [0, 0.05) is 0 Å². The second-order valence-corrected chi connectivity index (χ2v) is 3.11. The van der Waals surface area contributed by atoms with Crippen LogP contribution in [0.4, 0.5) is 0 Å². The first kappa shape index (κ1) is 9.23. The van der Waals surface area contributed by atoms with E-state index in [-0.39, 0.29) is 12.1 Å². The second kappa shape index (κ2) is 3.70. The van der Waals surface area contributed by atoms with Gasteiger partial charge >= 0.3 is 0 Å². The van der Waals surface area contributed by atoms with Gasteiger partial charge in [0.2, 0.25) is 0 Å². The maximum Gasteiger partial charge on any atom is 0.0652 e. The van der Waals surface area contributed by atoms with Crippen molar-refractivity contribution in [3.63, 3.8) is 0 Å². The van der Waals surface area contributed by atoms with Crippen LogP contribution in [-0.2, 0) is 5.54 Å². The first-order valence-corrected chi connectivity index (χ1v) is 4.08. The van der Waals surface area contributed by atoms with Gasteiger partial charge < -0.3 is 10.4 Å². The lowest BCUT2D eigenvalue weighted by atomic mass is 9.93. The van der Waals surface area contributed by atoms with Crippen LogP contribution in [0.25, 0.3) is 0 Å². The maximum absolute atomic E-state index is 9.18. The maximum atomic E-state index is 9.18. The zero-order valence-electron chi connectivity index (χ0n) is 7.54. The lowest BCUT2D eigenvalue weighted by molar-refractivity contribution is 0.183. The molecule has 0 aliphatic rings. The van der Waals surface area contributed by atoms with Gasteiger partial charge in [0.25, 0.3) is 0 Å². The Labute approximate surface area is 73.2 Å². The molecule has 0 aromatic heterocycles. The van der Waals surface area contributed by atoms with Crippen molar-refractivity contribution < 1.29 is 5.11 Å². The third-order valence-corrected chi connectivity index (χ3v) is 2.28. The predicted octanol–water partition coefficient (Wildman–Crippen LogP) is 1.11. The van der Waals surface area contributed by atoms with Crippen LogP contribution in [0, 0.1) is 0 Å². The van der Waals surface area contributed by atoms with Crippen molar-refractivity contribution in [2.24, 2.45) is 0 Å².